The lowest BCUT2D eigenvalue weighted by Gasteiger charge is -2.32. The van der Waals surface area contributed by atoms with Gasteiger partial charge in [0.2, 0.25) is 5.91 Å². The zero-order valence-electron chi connectivity index (χ0n) is 21.1. The van der Waals surface area contributed by atoms with Gasteiger partial charge in [0.05, 0.1) is 29.4 Å². The third-order valence-electron chi connectivity index (χ3n) is 6.66. The summed E-state index contributed by atoms with van der Waals surface area (Å²) in [5.74, 6) is -0.142. The van der Waals surface area contributed by atoms with Gasteiger partial charge in [-0.05, 0) is 61.1 Å². The highest BCUT2D eigenvalue weighted by atomic mass is 19.1. The van der Waals surface area contributed by atoms with E-state index in [0.29, 0.717) is 60.8 Å². The predicted molar refractivity (Wildman–Crippen MR) is 144 cm³/mol. The quantitative estimate of drug-likeness (QED) is 0.402. The minimum atomic E-state index is -0.301. The van der Waals surface area contributed by atoms with Crippen LogP contribution >= 0.6 is 0 Å². The summed E-state index contributed by atoms with van der Waals surface area (Å²) in [7, 11) is 0. The summed E-state index contributed by atoms with van der Waals surface area (Å²) < 4.78 is 13.6. The summed E-state index contributed by atoms with van der Waals surface area (Å²) in [6.45, 7) is 2.09. The van der Waals surface area contributed by atoms with Crippen LogP contribution in [-0.2, 0) is 11.2 Å². The molecule has 0 saturated carbocycles. The number of halogens is 1. The zero-order chi connectivity index (χ0) is 26.9. The number of likely N-dealkylation sites (tertiary alicyclic amines) is 1. The fourth-order valence-electron chi connectivity index (χ4n) is 4.67. The van der Waals surface area contributed by atoms with Gasteiger partial charge in [0.15, 0.2) is 0 Å². The SMILES string of the molecule is N#Cc1ccccc1-c1ccc(C(=O)NC[C@@H]2CCCN(C(=O)CN)C2)c(NCCc2cccc(F)c2)n1. The van der Waals surface area contributed by atoms with Crippen molar-refractivity contribution in [1.82, 2.24) is 15.2 Å². The molecule has 8 nitrogen and oxygen atoms in total. The maximum absolute atomic E-state index is 13.6. The van der Waals surface area contributed by atoms with Crippen molar-refractivity contribution in [2.24, 2.45) is 11.7 Å². The maximum atomic E-state index is 13.6. The average Bonchev–Trinajstić information content (AvgIpc) is 2.95. The lowest BCUT2D eigenvalue weighted by Crippen LogP contribution is -2.45. The summed E-state index contributed by atoms with van der Waals surface area (Å²) in [5, 5.41) is 15.8. The van der Waals surface area contributed by atoms with E-state index in [9.17, 15) is 19.2 Å². The van der Waals surface area contributed by atoms with Gasteiger partial charge >= 0.3 is 0 Å². The summed E-state index contributed by atoms with van der Waals surface area (Å²) in [6, 6.07) is 19.1. The van der Waals surface area contributed by atoms with E-state index < -0.39 is 0 Å². The lowest BCUT2D eigenvalue weighted by molar-refractivity contribution is -0.131. The third kappa shape index (κ3) is 6.72. The standard InChI is InChI=1S/C29H31FN6O2/c30-23-8-3-5-20(15-23)12-13-33-28-25(10-11-26(35-28)24-9-2-1-7-22(24)16-31)29(38)34-18-21-6-4-14-36(19-21)27(37)17-32/h1-3,5,7-11,15,21H,4,6,12-14,17-19,32H2,(H,33,35)(H,34,38)/t21-/m0/s1. The number of nitrogens with one attached hydrogen (secondary N) is 2. The van der Waals surface area contributed by atoms with Crippen LogP contribution in [0.2, 0.25) is 0 Å². The molecule has 0 radical (unpaired) electrons. The first-order valence-corrected chi connectivity index (χ1v) is 12.7. The summed E-state index contributed by atoms with van der Waals surface area (Å²) >= 11 is 0. The van der Waals surface area contributed by atoms with Gasteiger partial charge in [-0.25, -0.2) is 9.37 Å². The molecule has 0 aliphatic carbocycles. The number of hydrogen-bond acceptors (Lipinski definition) is 6. The van der Waals surface area contributed by atoms with Crippen LogP contribution in [0.15, 0.2) is 60.7 Å². The Labute approximate surface area is 221 Å². The van der Waals surface area contributed by atoms with Gasteiger partial charge in [-0.1, -0.05) is 30.3 Å². The van der Waals surface area contributed by atoms with Crippen molar-refractivity contribution in [3.8, 4) is 17.3 Å². The molecule has 196 valence electrons. The first-order valence-electron chi connectivity index (χ1n) is 12.7. The molecule has 1 atom stereocenters. The molecule has 1 aliphatic rings. The predicted octanol–water partition coefficient (Wildman–Crippen LogP) is 3.34. The number of nitrogens with zero attached hydrogens (tertiary/aromatic N) is 3. The van der Waals surface area contributed by atoms with Crippen LogP contribution < -0.4 is 16.4 Å². The first-order chi connectivity index (χ1) is 18.5. The Morgan fingerprint density at radius 2 is 2.00 bits per heavy atom. The van der Waals surface area contributed by atoms with Crippen LogP contribution in [-0.4, -0.2) is 54.4 Å². The molecule has 0 bridgehead atoms. The molecule has 0 unspecified atom stereocenters. The monoisotopic (exact) mass is 514 g/mol. The van der Waals surface area contributed by atoms with E-state index in [1.807, 2.05) is 18.2 Å². The van der Waals surface area contributed by atoms with Gasteiger partial charge in [0.1, 0.15) is 11.6 Å². The fraction of sp³-hybridized carbons (Fsp3) is 0.310. The van der Waals surface area contributed by atoms with Gasteiger partial charge in [-0.3, -0.25) is 9.59 Å². The molecular formula is C29H31FN6O2. The number of carbonyl (C=O) groups excluding carboxylic acids is 2. The van der Waals surface area contributed by atoms with E-state index >= 15 is 0 Å². The highest BCUT2D eigenvalue weighted by Gasteiger charge is 2.24. The number of benzene rings is 2. The topological polar surface area (TPSA) is 124 Å². The number of piperidine rings is 1. The van der Waals surface area contributed by atoms with E-state index in [1.54, 1.807) is 35.2 Å². The van der Waals surface area contributed by atoms with E-state index in [0.717, 1.165) is 18.4 Å². The van der Waals surface area contributed by atoms with Crippen LogP contribution in [0.4, 0.5) is 10.2 Å². The van der Waals surface area contributed by atoms with Crippen molar-refractivity contribution >= 4 is 17.6 Å². The normalized spacial score (nSPS) is 15.0. The number of amides is 2. The molecule has 4 rings (SSSR count). The van der Waals surface area contributed by atoms with E-state index in [2.05, 4.69) is 16.7 Å². The molecule has 1 aromatic heterocycles. The highest BCUT2D eigenvalue weighted by molar-refractivity contribution is 5.99. The molecule has 0 spiro atoms. The fourth-order valence-corrected chi connectivity index (χ4v) is 4.67. The van der Waals surface area contributed by atoms with Crippen molar-refractivity contribution < 1.29 is 14.0 Å². The van der Waals surface area contributed by atoms with Gasteiger partial charge in [0.25, 0.3) is 5.91 Å². The Morgan fingerprint density at radius 1 is 1.16 bits per heavy atom. The number of nitrogens with two attached hydrogens (primary N) is 1. The van der Waals surface area contributed by atoms with Crippen molar-refractivity contribution in [3.05, 3.63) is 83.2 Å². The number of rotatable bonds is 9. The summed E-state index contributed by atoms with van der Waals surface area (Å²) in [5.41, 5.74) is 8.42. The minimum absolute atomic E-state index is 0.0172. The molecule has 38 heavy (non-hydrogen) atoms. The van der Waals surface area contributed by atoms with Crippen LogP contribution in [0.1, 0.15) is 34.3 Å². The van der Waals surface area contributed by atoms with Crippen LogP contribution in [0.5, 0.6) is 0 Å². The van der Waals surface area contributed by atoms with Crippen LogP contribution in [0.25, 0.3) is 11.3 Å². The largest absolute Gasteiger partial charge is 0.369 e. The minimum Gasteiger partial charge on any atom is -0.369 e. The molecule has 1 fully saturated rings. The molecule has 3 aromatic rings. The van der Waals surface area contributed by atoms with E-state index in [-0.39, 0.29) is 30.1 Å². The smallest absolute Gasteiger partial charge is 0.255 e. The molecule has 1 aliphatic heterocycles. The van der Waals surface area contributed by atoms with Gasteiger partial charge in [0, 0.05) is 31.7 Å². The Morgan fingerprint density at radius 3 is 2.79 bits per heavy atom. The molecule has 2 amide bonds. The van der Waals surface area contributed by atoms with Crippen molar-refractivity contribution in [2.45, 2.75) is 19.3 Å². The van der Waals surface area contributed by atoms with Gasteiger partial charge in [-0.2, -0.15) is 5.26 Å². The molecule has 4 N–H and O–H groups in total. The number of nitriles is 1. The molecule has 1 saturated heterocycles. The van der Waals surface area contributed by atoms with Crippen LogP contribution in [0, 0.1) is 23.1 Å². The number of aromatic nitrogens is 1. The third-order valence-corrected chi connectivity index (χ3v) is 6.66. The number of carbonyl (C=O) groups is 2. The molecule has 2 aromatic carbocycles. The average molecular weight is 515 g/mol. The second-order valence-electron chi connectivity index (χ2n) is 9.32. The lowest BCUT2D eigenvalue weighted by atomic mass is 9.97. The molecular weight excluding hydrogens is 483 g/mol. The van der Waals surface area contributed by atoms with E-state index in [4.69, 9.17) is 10.7 Å². The zero-order valence-corrected chi connectivity index (χ0v) is 21.1. The first kappa shape index (κ1) is 26.8. The number of hydrogen-bond donors (Lipinski definition) is 3. The summed E-state index contributed by atoms with van der Waals surface area (Å²) in [6.07, 6.45) is 2.32. The summed E-state index contributed by atoms with van der Waals surface area (Å²) in [4.78, 5) is 31.7. The van der Waals surface area contributed by atoms with Crippen molar-refractivity contribution in [3.63, 3.8) is 0 Å². The Hall–Kier alpha value is -4.29. The number of pyridine rings is 1. The Bertz CT molecular complexity index is 1340. The second kappa shape index (κ2) is 12.8. The molecule has 2 heterocycles. The van der Waals surface area contributed by atoms with Gasteiger partial charge in [-0.15, -0.1) is 0 Å². The van der Waals surface area contributed by atoms with E-state index in [1.165, 1.54) is 12.1 Å². The number of anilines is 1. The second-order valence-corrected chi connectivity index (χ2v) is 9.32. The maximum Gasteiger partial charge on any atom is 0.255 e. The Balaban J connectivity index is 1.51. The van der Waals surface area contributed by atoms with Gasteiger partial charge < -0.3 is 21.3 Å². The van der Waals surface area contributed by atoms with Crippen molar-refractivity contribution in [2.75, 3.05) is 38.0 Å². The van der Waals surface area contributed by atoms with Crippen molar-refractivity contribution in [1.29, 1.82) is 5.26 Å². The molecule has 9 heteroatoms. The Kier molecular flexibility index (Phi) is 9.01. The van der Waals surface area contributed by atoms with Crippen LogP contribution in [0.3, 0.4) is 0 Å². The highest BCUT2D eigenvalue weighted by Crippen LogP contribution is 2.25.